The largest absolute Gasteiger partial charge is 0.497 e. The maximum absolute atomic E-state index is 13.3. The van der Waals surface area contributed by atoms with Gasteiger partial charge in [0.25, 0.3) is 5.91 Å². The van der Waals surface area contributed by atoms with E-state index < -0.39 is 11.2 Å². The van der Waals surface area contributed by atoms with Crippen LogP contribution < -0.4 is 15.4 Å². The van der Waals surface area contributed by atoms with Crippen molar-refractivity contribution in [1.29, 1.82) is 5.26 Å². The van der Waals surface area contributed by atoms with Crippen LogP contribution in [0.3, 0.4) is 0 Å². The van der Waals surface area contributed by atoms with Crippen LogP contribution in [0.25, 0.3) is 0 Å². The first-order valence-corrected chi connectivity index (χ1v) is 9.95. The van der Waals surface area contributed by atoms with Gasteiger partial charge in [0.1, 0.15) is 22.4 Å². The molecule has 1 aliphatic rings. The molecule has 0 aliphatic carbocycles. The van der Waals surface area contributed by atoms with Crippen LogP contribution in [-0.2, 0) is 16.0 Å². The molecule has 8 heteroatoms. The molecule has 1 heterocycles. The Morgan fingerprint density at radius 2 is 2.10 bits per heavy atom. The number of halogens is 1. The van der Waals surface area contributed by atoms with Crippen molar-refractivity contribution in [1.82, 2.24) is 0 Å². The third kappa shape index (κ3) is 4.24. The molecule has 2 aromatic carbocycles. The van der Waals surface area contributed by atoms with Crippen LogP contribution in [0.2, 0.25) is 5.02 Å². The van der Waals surface area contributed by atoms with Gasteiger partial charge in [0.15, 0.2) is 0 Å². The lowest BCUT2D eigenvalue weighted by Crippen LogP contribution is -2.31. The van der Waals surface area contributed by atoms with Crippen LogP contribution in [0.5, 0.6) is 5.75 Å². The predicted molar refractivity (Wildman–Crippen MR) is 114 cm³/mol. The van der Waals surface area contributed by atoms with Crippen LogP contribution in [-0.4, -0.2) is 24.2 Å². The third-order valence-corrected chi connectivity index (χ3v) is 6.16. The molecular weight excluding hydrogens is 410 g/mol. The van der Waals surface area contributed by atoms with Gasteiger partial charge < -0.3 is 10.5 Å². The van der Waals surface area contributed by atoms with Crippen molar-refractivity contribution in [3.05, 3.63) is 69.2 Å². The number of benzene rings is 2. The lowest BCUT2D eigenvalue weighted by Gasteiger charge is -2.19. The predicted octanol–water partition coefficient (Wildman–Crippen LogP) is 3.57. The van der Waals surface area contributed by atoms with E-state index in [2.05, 4.69) is 0 Å². The molecule has 0 spiro atoms. The summed E-state index contributed by atoms with van der Waals surface area (Å²) in [6.45, 7) is 1.90. The van der Waals surface area contributed by atoms with Crippen LogP contribution in [0.1, 0.15) is 11.1 Å². The fraction of sp³-hybridized carbons (Fsp3) is 0.190. The average molecular weight is 428 g/mol. The highest BCUT2D eigenvalue weighted by atomic mass is 35.5. The van der Waals surface area contributed by atoms with E-state index in [0.29, 0.717) is 22.9 Å². The van der Waals surface area contributed by atoms with Crippen molar-refractivity contribution in [2.45, 2.75) is 18.6 Å². The lowest BCUT2D eigenvalue weighted by atomic mass is 10.1. The molecule has 0 unspecified atom stereocenters. The first kappa shape index (κ1) is 20.8. The van der Waals surface area contributed by atoms with Crippen LogP contribution >= 0.6 is 23.4 Å². The Morgan fingerprint density at radius 3 is 2.72 bits per heavy atom. The molecule has 2 N–H and O–H groups in total. The van der Waals surface area contributed by atoms with Gasteiger partial charge in [-0.25, -0.2) is 0 Å². The second-order valence-electron chi connectivity index (χ2n) is 6.43. The second-order valence-corrected chi connectivity index (χ2v) is 8.02. The number of hydrogen-bond acceptors (Lipinski definition) is 5. The highest BCUT2D eigenvalue weighted by molar-refractivity contribution is 8.05. The molecule has 0 radical (unpaired) electrons. The average Bonchev–Trinajstić information content (AvgIpc) is 3.01. The number of carbonyl (C=O) groups is 2. The summed E-state index contributed by atoms with van der Waals surface area (Å²) in [6.07, 6.45) is 0.394. The number of hydrogen-bond donors (Lipinski definition) is 1. The maximum Gasteiger partial charge on any atom is 0.262 e. The Kier molecular flexibility index (Phi) is 6.16. The number of nitrogens with two attached hydrogens (primary N) is 1. The minimum absolute atomic E-state index is 0.224. The number of carbonyl (C=O) groups excluding carboxylic acids is 2. The quantitative estimate of drug-likeness (QED) is 0.581. The number of methoxy groups -OCH3 is 1. The smallest absolute Gasteiger partial charge is 0.262 e. The molecule has 2 aromatic rings. The van der Waals surface area contributed by atoms with Crippen LogP contribution in [0.15, 0.2) is 53.1 Å². The molecule has 1 atom stereocenters. The minimum Gasteiger partial charge on any atom is -0.497 e. The fourth-order valence-corrected chi connectivity index (χ4v) is 4.48. The highest BCUT2D eigenvalue weighted by Crippen LogP contribution is 2.42. The summed E-state index contributed by atoms with van der Waals surface area (Å²) >= 11 is 7.36. The summed E-state index contributed by atoms with van der Waals surface area (Å²) in [5.41, 5.74) is 7.46. The Balaban J connectivity index is 2.04. The Hall–Kier alpha value is -2.95. The molecule has 0 bridgehead atoms. The van der Waals surface area contributed by atoms with Gasteiger partial charge in [0.05, 0.1) is 18.0 Å². The summed E-state index contributed by atoms with van der Waals surface area (Å²) in [4.78, 5) is 26.4. The molecule has 0 saturated carbocycles. The van der Waals surface area contributed by atoms with E-state index in [9.17, 15) is 14.9 Å². The molecule has 0 aromatic heterocycles. The fourth-order valence-electron chi connectivity index (χ4n) is 2.96. The van der Waals surface area contributed by atoms with Crippen molar-refractivity contribution in [2.24, 2.45) is 5.73 Å². The standard InChI is InChI=1S/C21H18ClN3O3S/c1-12-6-7-13(8-17(12)22)9-18-20(27)25(14-4-3-5-15(10-14)28-2)21(29-18)16(11-23)19(24)26/h3-8,10,18H,9H2,1-2H3,(H2,24,26)/b21-16+/t18-/m0/s1. The highest BCUT2D eigenvalue weighted by Gasteiger charge is 2.40. The van der Waals surface area contributed by atoms with Gasteiger partial charge in [-0.05, 0) is 42.7 Å². The Labute approximate surface area is 177 Å². The first-order valence-electron chi connectivity index (χ1n) is 8.69. The molecular formula is C21H18ClN3O3S. The zero-order valence-electron chi connectivity index (χ0n) is 15.8. The third-order valence-electron chi connectivity index (χ3n) is 4.49. The van der Waals surface area contributed by atoms with E-state index in [-0.39, 0.29) is 16.5 Å². The van der Waals surface area contributed by atoms with Gasteiger partial charge in [-0.3, -0.25) is 14.5 Å². The molecule has 3 rings (SSSR count). The van der Waals surface area contributed by atoms with E-state index in [1.165, 1.54) is 12.0 Å². The molecule has 6 nitrogen and oxygen atoms in total. The van der Waals surface area contributed by atoms with Crippen molar-refractivity contribution < 1.29 is 14.3 Å². The SMILES string of the molecule is COc1cccc(N2C(=O)[C@H](Cc3ccc(C)c(Cl)c3)S/C2=C(\C#N)C(N)=O)c1. The molecule has 148 valence electrons. The number of ether oxygens (including phenoxy) is 1. The van der Waals surface area contributed by atoms with Gasteiger partial charge in [0.2, 0.25) is 5.91 Å². The zero-order valence-corrected chi connectivity index (χ0v) is 17.4. The molecule has 2 amide bonds. The summed E-state index contributed by atoms with van der Waals surface area (Å²) in [7, 11) is 1.52. The Bertz CT molecular complexity index is 1060. The van der Waals surface area contributed by atoms with Crippen molar-refractivity contribution >= 4 is 40.9 Å². The number of primary amides is 1. The number of amides is 2. The zero-order chi connectivity index (χ0) is 21.1. The summed E-state index contributed by atoms with van der Waals surface area (Å²) in [5.74, 6) is -0.579. The van der Waals surface area contributed by atoms with E-state index >= 15 is 0 Å². The number of anilines is 1. The van der Waals surface area contributed by atoms with Crippen LogP contribution in [0, 0.1) is 18.3 Å². The summed E-state index contributed by atoms with van der Waals surface area (Å²) in [5, 5.41) is 9.76. The van der Waals surface area contributed by atoms with Crippen molar-refractivity contribution in [3.63, 3.8) is 0 Å². The minimum atomic E-state index is -0.880. The normalized spacial score (nSPS) is 17.8. The monoisotopic (exact) mass is 427 g/mol. The maximum atomic E-state index is 13.3. The van der Waals surface area contributed by atoms with E-state index in [0.717, 1.165) is 22.9 Å². The van der Waals surface area contributed by atoms with Gasteiger partial charge in [0, 0.05) is 11.1 Å². The number of rotatable bonds is 5. The molecule has 29 heavy (non-hydrogen) atoms. The van der Waals surface area contributed by atoms with Gasteiger partial charge in [-0.1, -0.05) is 41.6 Å². The number of nitrogens with zero attached hydrogens (tertiary/aromatic N) is 2. The first-order chi connectivity index (χ1) is 13.8. The number of nitriles is 1. The lowest BCUT2D eigenvalue weighted by molar-refractivity contribution is -0.117. The van der Waals surface area contributed by atoms with Crippen LogP contribution in [0.4, 0.5) is 5.69 Å². The molecule has 1 fully saturated rings. The topological polar surface area (TPSA) is 96.4 Å². The molecule has 1 saturated heterocycles. The van der Waals surface area contributed by atoms with Gasteiger partial charge in [-0.15, -0.1) is 0 Å². The number of thioether (sulfide) groups is 1. The second kappa shape index (κ2) is 8.60. The van der Waals surface area contributed by atoms with Crippen molar-refractivity contribution in [2.75, 3.05) is 12.0 Å². The Morgan fingerprint density at radius 1 is 1.34 bits per heavy atom. The van der Waals surface area contributed by atoms with Crippen molar-refractivity contribution in [3.8, 4) is 11.8 Å². The van der Waals surface area contributed by atoms with E-state index in [1.807, 2.05) is 31.2 Å². The van der Waals surface area contributed by atoms with Gasteiger partial charge >= 0.3 is 0 Å². The number of aryl methyl sites for hydroxylation is 1. The van der Waals surface area contributed by atoms with Gasteiger partial charge in [-0.2, -0.15) is 5.26 Å². The van der Waals surface area contributed by atoms with E-state index in [1.54, 1.807) is 24.3 Å². The molecule has 1 aliphatic heterocycles. The summed E-state index contributed by atoms with van der Waals surface area (Å²) < 4.78 is 5.23. The summed E-state index contributed by atoms with van der Waals surface area (Å²) in [6, 6.07) is 14.3. The van der Waals surface area contributed by atoms with E-state index in [4.69, 9.17) is 22.1 Å².